The second kappa shape index (κ2) is 16.3. The van der Waals surface area contributed by atoms with E-state index in [0.717, 1.165) is 12.8 Å². The Morgan fingerprint density at radius 3 is 1.23 bits per heavy atom. The first kappa shape index (κ1) is 34.5. The number of carboxylic acids is 1. The first-order valence-electron chi connectivity index (χ1n) is 15.8. The second-order valence-corrected chi connectivity index (χ2v) is 12.5. The fourth-order valence-electron chi connectivity index (χ4n) is 7.66. The lowest BCUT2D eigenvalue weighted by Crippen LogP contribution is -2.42. The van der Waals surface area contributed by atoms with Crippen LogP contribution in [0.4, 0.5) is 0 Å². The van der Waals surface area contributed by atoms with Gasteiger partial charge in [-0.15, -0.1) is 0 Å². The van der Waals surface area contributed by atoms with Crippen LogP contribution in [0, 0.1) is 27.6 Å². The van der Waals surface area contributed by atoms with Gasteiger partial charge in [0, 0.05) is 0 Å². The van der Waals surface area contributed by atoms with Crippen LogP contribution in [0.5, 0.6) is 0 Å². The van der Waals surface area contributed by atoms with Crippen molar-refractivity contribution in [3.63, 3.8) is 0 Å². The van der Waals surface area contributed by atoms with Crippen molar-refractivity contribution in [2.45, 2.75) is 178 Å². The van der Waals surface area contributed by atoms with E-state index in [-0.39, 0.29) is 11.3 Å². The summed E-state index contributed by atoms with van der Waals surface area (Å²) in [6, 6.07) is 0. The van der Waals surface area contributed by atoms with Gasteiger partial charge in [-0.25, -0.2) is 0 Å². The minimum Gasteiger partial charge on any atom is -0.481 e. The van der Waals surface area contributed by atoms with Gasteiger partial charge in [-0.05, 0) is 60.2 Å². The van der Waals surface area contributed by atoms with Gasteiger partial charge < -0.3 is 5.11 Å². The lowest BCUT2D eigenvalue weighted by molar-refractivity contribution is -0.144. The van der Waals surface area contributed by atoms with Gasteiger partial charge in [0.1, 0.15) is 0 Å². The number of aliphatic carboxylic acids is 1. The molecule has 0 saturated carbocycles. The van der Waals surface area contributed by atoms with E-state index in [2.05, 4.69) is 69.2 Å². The number of hydrogen-bond donors (Lipinski definition) is 1. The van der Waals surface area contributed by atoms with E-state index in [0.29, 0.717) is 16.2 Å². The smallest absolute Gasteiger partial charge is 0.306 e. The minimum absolute atomic E-state index is 0.0847. The van der Waals surface area contributed by atoms with E-state index in [1.54, 1.807) is 0 Å². The molecule has 0 amide bonds. The third-order valence-corrected chi connectivity index (χ3v) is 11.1. The summed E-state index contributed by atoms with van der Waals surface area (Å²) in [5.41, 5.74) is 1.04. The molecule has 2 nitrogen and oxygen atoms in total. The average molecular weight is 495 g/mol. The highest BCUT2D eigenvalue weighted by molar-refractivity contribution is 5.69. The van der Waals surface area contributed by atoms with Crippen molar-refractivity contribution >= 4 is 5.97 Å². The summed E-state index contributed by atoms with van der Waals surface area (Å²) in [6.07, 6.45) is 20.0. The van der Waals surface area contributed by atoms with Crippen molar-refractivity contribution in [3.05, 3.63) is 0 Å². The zero-order valence-electron chi connectivity index (χ0n) is 26.0. The molecule has 210 valence electrons. The maximum absolute atomic E-state index is 12.5. The Morgan fingerprint density at radius 2 is 0.943 bits per heavy atom. The van der Waals surface area contributed by atoms with Gasteiger partial charge in [0.05, 0.1) is 5.92 Å². The van der Waals surface area contributed by atoms with Crippen molar-refractivity contribution in [2.75, 3.05) is 0 Å². The summed E-state index contributed by atoms with van der Waals surface area (Å²) in [5, 5.41) is 10.3. The molecule has 0 aliphatic heterocycles. The van der Waals surface area contributed by atoms with E-state index in [9.17, 15) is 9.90 Å². The summed E-state index contributed by atoms with van der Waals surface area (Å²) >= 11 is 0. The van der Waals surface area contributed by atoms with Crippen LogP contribution in [0.3, 0.4) is 0 Å². The molecule has 0 saturated heterocycles. The Kier molecular flexibility index (Phi) is 16.1. The summed E-state index contributed by atoms with van der Waals surface area (Å²) in [6.45, 7) is 23.5. The molecule has 0 aliphatic rings. The molecular formula is C33H66O2. The fraction of sp³-hybridized carbons (Fsp3) is 0.970. The molecule has 35 heavy (non-hydrogen) atoms. The Hall–Kier alpha value is -0.530. The van der Waals surface area contributed by atoms with E-state index in [1.807, 2.05) is 0 Å². The predicted molar refractivity (Wildman–Crippen MR) is 156 cm³/mol. The molecule has 0 fully saturated rings. The maximum atomic E-state index is 12.5. The van der Waals surface area contributed by atoms with Gasteiger partial charge in [0.15, 0.2) is 0 Å². The summed E-state index contributed by atoms with van der Waals surface area (Å²) in [4.78, 5) is 12.5. The van der Waals surface area contributed by atoms with Crippen LogP contribution in [-0.2, 0) is 4.79 Å². The van der Waals surface area contributed by atoms with Gasteiger partial charge in [-0.3, -0.25) is 4.79 Å². The molecule has 0 spiro atoms. The molecule has 0 radical (unpaired) electrons. The minimum atomic E-state index is -0.577. The fourth-order valence-corrected chi connectivity index (χ4v) is 7.66. The molecule has 0 rings (SSSR count). The third kappa shape index (κ3) is 9.70. The Bertz CT molecular complexity index is 513. The van der Waals surface area contributed by atoms with E-state index in [4.69, 9.17) is 0 Å². The van der Waals surface area contributed by atoms with Gasteiger partial charge in [-0.2, -0.15) is 0 Å². The molecule has 0 aromatic carbocycles. The number of rotatable bonds is 22. The standard InChI is InChI=1S/C33H66O2/c1-11-21-22-23-32(19-9,20-10)27-33(24-28(12-2)29(34)35,25-30(13-3,14-4)15-5)26-31(16-6,17-7)18-8/h28H,11-27H2,1-10H3,(H,34,35). The quantitative estimate of drug-likeness (QED) is 0.152. The average Bonchev–Trinajstić information content (AvgIpc) is 2.88. The first-order chi connectivity index (χ1) is 16.5. The number of carbonyl (C=O) groups is 1. The molecule has 1 N–H and O–H groups in total. The molecular weight excluding hydrogens is 428 g/mol. The van der Waals surface area contributed by atoms with E-state index in [1.165, 1.54) is 96.3 Å². The summed E-state index contributed by atoms with van der Waals surface area (Å²) in [5.74, 6) is -0.810. The number of hydrogen-bond acceptors (Lipinski definition) is 1. The lowest BCUT2D eigenvalue weighted by atomic mass is 9.52. The van der Waals surface area contributed by atoms with Crippen LogP contribution in [0.2, 0.25) is 0 Å². The third-order valence-electron chi connectivity index (χ3n) is 11.1. The largest absolute Gasteiger partial charge is 0.481 e. The molecule has 0 aromatic heterocycles. The van der Waals surface area contributed by atoms with Crippen molar-refractivity contribution < 1.29 is 9.90 Å². The maximum Gasteiger partial charge on any atom is 0.306 e. The van der Waals surface area contributed by atoms with E-state index >= 15 is 0 Å². The molecule has 0 heterocycles. The molecule has 1 atom stereocenters. The van der Waals surface area contributed by atoms with Crippen molar-refractivity contribution in [1.82, 2.24) is 0 Å². The van der Waals surface area contributed by atoms with Crippen LogP contribution in [0.25, 0.3) is 0 Å². The highest BCUT2D eigenvalue weighted by Gasteiger charge is 2.48. The Balaban J connectivity index is 6.98. The van der Waals surface area contributed by atoms with E-state index < -0.39 is 5.97 Å². The van der Waals surface area contributed by atoms with Gasteiger partial charge in [-0.1, -0.05) is 140 Å². The van der Waals surface area contributed by atoms with Gasteiger partial charge >= 0.3 is 5.97 Å². The van der Waals surface area contributed by atoms with Crippen LogP contribution in [0.15, 0.2) is 0 Å². The van der Waals surface area contributed by atoms with Crippen LogP contribution < -0.4 is 0 Å². The number of carboxylic acid groups (broad SMARTS) is 1. The topological polar surface area (TPSA) is 37.3 Å². The molecule has 0 aliphatic carbocycles. The first-order valence-corrected chi connectivity index (χ1v) is 15.8. The van der Waals surface area contributed by atoms with Crippen LogP contribution in [-0.4, -0.2) is 11.1 Å². The number of unbranched alkanes of at least 4 members (excludes halogenated alkanes) is 2. The molecule has 0 aromatic rings. The highest BCUT2D eigenvalue weighted by atomic mass is 16.4. The SMILES string of the molecule is CCCCCC(CC)(CC)CC(CC(CC)C(=O)O)(CC(CC)(CC)CC)CC(CC)(CC)CC. The summed E-state index contributed by atoms with van der Waals surface area (Å²) in [7, 11) is 0. The molecule has 1 unspecified atom stereocenters. The lowest BCUT2D eigenvalue weighted by Gasteiger charge is -2.53. The second-order valence-electron chi connectivity index (χ2n) is 12.5. The zero-order valence-corrected chi connectivity index (χ0v) is 26.0. The van der Waals surface area contributed by atoms with Crippen molar-refractivity contribution in [1.29, 1.82) is 0 Å². The Labute approximate surface area is 221 Å². The summed E-state index contributed by atoms with van der Waals surface area (Å²) < 4.78 is 0. The molecule has 2 heteroatoms. The van der Waals surface area contributed by atoms with Gasteiger partial charge in [0.25, 0.3) is 0 Å². The monoisotopic (exact) mass is 495 g/mol. The molecule has 0 bridgehead atoms. The normalized spacial score (nSPS) is 14.3. The Morgan fingerprint density at radius 1 is 0.571 bits per heavy atom. The zero-order chi connectivity index (χ0) is 27.2. The van der Waals surface area contributed by atoms with Gasteiger partial charge in [0.2, 0.25) is 0 Å². The van der Waals surface area contributed by atoms with Crippen LogP contribution in [0.1, 0.15) is 178 Å². The highest BCUT2D eigenvalue weighted by Crippen LogP contribution is 2.59. The van der Waals surface area contributed by atoms with Crippen LogP contribution >= 0.6 is 0 Å². The predicted octanol–water partition coefficient (Wildman–Crippen LogP) is 11.5. The van der Waals surface area contributed by atoms with Crippen molar-refractivity contribution in [2.24, 2.45) is 27.6 Å². The van der Waals surface area contributed by atoms with Crippen molar-refractivity contribution in [3.8, 4) is 0 Å².